The molecule has 7 heteroatoms. The van der Waals surface area contributed by atoms with Gasteiger partial charge in [0.2, 0.25) is 0 Å². The van der Waals surface area contributed by atoms with Crippen LogP contribution in [0.2, 0.25) is 0 Å². The molecule has 1 amide bonds. The van der Waals surface area contributed by atoms with E-state index in [1.807, 2.05) is 23.2 Å². The van der Waals surface area contributed by atoms with E-state index in [1.165, 1.54) is 22.1 Å². The van der Waals surface area contributed by atoms with Crippen LogP contribution in [0, 0.1) is 29.6 Å². The lowest BCUT2D eigenvalue weighted by Crippen LogP contribution is -2.48. The van der Waals surface area contributed by atoms with Crippen LogP contribution in [0.3, 0.4) is 0 Å². The molecule has 1 saturated carbocycles. The number of carbonyl (C=O) groups is 1. The second-order valence-corrected chi connectivity index (χ2v) is 11.5. The summed E-state index contributed by atoms with van der Waals surface area (Å²) in [4.78, 5) is 21.0. The number of fused-ring (bicyclic) bond motifs is 1. The van der Waals surface area contributed by atoms with Gasteiger partial charge in [0.15, 0.2) is 0 Å². The largest absolute Gasteiger partial charge is 0.496 e. The predicted octanol–water partition coefficient (Wildman–Crippen LogP) is 4.79. The minimum Gasteiger partial charge on any atom is -0.496 e. The summed E-state index contributed by atoms with van der Waals surface area (Å²) in [6.07, 6.45) is 6.17. The Morgan fingerprint density at radius 1 is 1.13 bits per heavy atom. The van der Waals surface area contributed by atoms with Crippen molar-refractivity contribution in [3.63, 3.8) is 0 Å². The maximum Gasteiger partial charge on any atom is 0.253 e. The molecule has 3 aromatic rings. The number of nitrogens with one attached hydrogen (secondary N) is 2. The Balaban J connectivity index is 1.30. The van der Waals surface area contributed by atoms with E-state index in [0.717, 1.165) is 81.8 Å². The molecule has 3 aliphatic rings. The van der Waals surface area contributed by atoms with Gasteiger partial charge in [-0.3, -0.25) is 9.69 Å². The highest BCUT2D eigenvalue weighted by Crippen LogP contribution is 2.56. The van der Waals surface area contributed by atoms with Crippen LogP contribution in [0.15, 0.2) is 42.6 Å². The van der Waals surface area contributed by atoms with Crippen LogP contribution in [0.5, 0.6) is 5.75 Å². The number of aryl methyl sites for hydroxylation is 1. The number of carbonyl (C=O) groups excluding carboxylic acids is 1. The second-order valence-electron chi connectivity index (χ2n) is 11.5. The van der Waals surface area contributed by atoms with Crippen molar-refractivity contribution in [3.8, 4) is 11.8 Å². The molecule has 1 spiro atoms. The van der Waals surface area contributed by atoms with Crippen molar-refractivity contribution in [1.29, 1.82) is 5.26 Å². The zero-order chi connectivity index (χ0) is 26.3. The van der Waals surface area contributed by atoms with Crippen molar-refractivity contribution in [2.45, 2.75) is 45.2 Å². The van der Waals surface area contributed by atoms with Gasteiger partial charge in [0.1, 0.15) is 5.75 Å². The number of nitrogens with zero attached hydrogens (tertiary/aromatic N) is 3. The SMILES string of the molecule is COc1cc(C)c2[nH]ccc2c1CN1CCC2(CC(C#N)C2)CC1c1ccc(C(=O)N2CCNCC2)cc1. The number of aromatic nitrogens is 1. The van der Waals surface area contributed by atoms with Gasteiger partial charge in [-0.25, -0.2) is 0 Å². The van der Waals surface area contributed by atoms with Gasteiger partial charge in [-0.15, -0.1) is 0 Å². The first-order valence-corrected chi connectivity index (χ1v) is 13.9. The minimum atomic E-state index is 0.116. The molecule has 1 aliphatic carbocycles. The number of benzene rings is 2. The Morgan fingerprint density at radius 3 is 2.61 bits per heavy atom. The van der Waals surface area contributed by atoms with Crippen LogP contribution < -0.4 is 10.1 Å². The molecule has 7 nitrogen and oxygen atoms in total. The lowest BCUT2D eigenvalue weighted by Gasteiger charge is -2.53. The number of ether oxygens (including phenoxy) is 1. The molecular weight excluding hydrogens is 474 g/mol. The summed E-state index contributed by atoms with van der Waals surface area (Å²) >= 11 is 0. The predicted molar refractivity (Wildman–Crippen MR) is 148 cm³/mol. The molecule has 3 fully saturated rings. The number of methoxy groups -OCH3 is 1. The Morgan fingerprint density at radius 2 is 1.89 bits per heavy atom. The molecule has 38 heavy (non-hydrogen) atoms. The number of hydrogen-bond donors (Lipinski definition) is 2. The van der Waals surface area contributed by atoms with Crippen molar-refractivity contribution in [2.24, 2.45) is 11.3 Å². The molecule has 2 aliphatic heterocycles. The molecule has 1 atom stereocenters. The number of piperidine rings is 1. The average molecular weight is 512 g/mol. The van der Waals surface area contributed by atoms with Crippen LogP contribution in [0.25, 0.3) is 10.9 Å². The topological polar surface area (TPSA) is 84.4 Å². The van der Waals surface area contributed by atoms with Gasteiger partial charge in [0, 0.05) is 72.9 Å². The van der Waals surface area contributed by atoms with Crippen molar-refractivity contribution >= 4 is 16.8 Å². The summed E-state index contributed by atoms with van der Waals surface area (Å²) < 4.78 is 5.86. The summed E-state index contributed by atoms with van der Waals surface area (Å²) in [7, 11) is 1.75. The summed E-state index contributed by atoms with van der Waals surface area (Å²) in [5.74, 6) is 1.24. The summed E-state index contributed by atoms with van der Waals surface area (Å²) in [5.41, 5.74) is 5.81. The zero-order valence-corrected chi connectivity index (χ0v) is 22.4. The highest BCUT2D eigenvalue weighted by atomic mass is 16.5. The van der Waals surface area contributed by atoms with Crippen molar-refractivity contribution in [1.82, 2.24) is 20.1 Å². The van der Waals surface area contributed by atoms with E-state index < -0.39 is 0 Å². The number of hydrogen-bond acceptors (Lipinski definition) is 5. The van der Waals surface area contributed by atoms with Gasteiger partial charge in [0.25, 0.3) is 5.91 Å². The van der Waals surface area contributed by atoms with E-state index in [0.29, 0.717) is 0 Å². The first-order valence-electron chi connectivity index (χ1n) is 13.9. The molecular formula is C31H37N5O2. The fourth-order valence-electron chi connectivity index (χ4n) is 7.03. The summed E-state index contributed by atoms with van der Waals surface area (Å²) in [6, 6.07) is 15.3. The molecule has 198 valence electrons. The van der Waals surface area contributed by atoms with E-state index in [4.69, 9.17) is 4.74 Å². The van der Waals surface area contributed by atoms with Crippen molar-refractivity contribution < 1.29 is 9.53 Å². The highest BCUT2D eigenvalue weighted by molar-refractivity contribution is 5.94. The lowest BCUT2D eigenvalue weighted by atomic mass is 9.56. The Bertz CT molecular complexity index is 1360. The molecule has 0 bridgehead atoms. The molecule has 6 rings (SSSR count). The first-order chi connectivity index (χ1) is 18.5. The molecule has 3 heterocycles. The van der Waals surface area contributed by atoms with E-state index in [1.54, 1.807) is 7.11 Å². The Labute approximate surface area is 224 Å². The standard InChI is InChI=1S/C31H37N5O2/c1-21-15-28(38-2)26(25-7-9-34-29(21)25)20-36-12-8-31(16-22(17-31)19-32)18-27(36)23-3-5-24(6-4-23)30(37)35-13-10-33-11-14-35/h3-7,9,15,22,27,33-34H,8,10-14,16-18,20H2,1-2H3. The maximum atomic E-state index is 13.1. The number of aromatic amines is 1. The highest BCUT2D eigenvalue weighted by Gasteiger charge is 2.49. The van der Waals surface area contributed by atoms with E-state index in [-0.39, 0.29) is 23.3 Å². The smallest absolute Gasteiger partial charge is 0.253 e. The number of piperazine rings is 1. The molecule has 2 N–H and O–H groups in total. The average Bonchev–Trinajstić information content (AvgIpc) is 3.44. The quantitative estimate of drug-likeness (QED) is 0.515. The molecule has 2 aromatic carbocycles. The van der Waals surface area contributed by atoms with Crippen molar-refractivity contribution in [2.75, 3.05) is 39.8 Å². The number of likely N-dealkylation sites (tertiary alicyclic amines) is 1. The zero-order valence-electron chi connectivity index (χ0n) is 22.4. The number of amides is 1. The Hall–Kier alpha value is -3.34. The van der Waals surface area contributed by atoms with Gasteiger partial charge in [-0.2, -0.15) is 5.26 Å². The first kappa shape index (κ1) is 25.0. The van der Waals surface area contributed by atoms with Crippen LogP contribution in [0.1, 0.15) is 58.8 Å². The normalized spacial score (nSPS) is 25.8. The number of rotatable bonds is 5. The monoisotopic (exact) mass is 511 g/mol. The van der Waals surface area contributed by atoms with Gasteiger partial charge >= 0.3 is 0 Å². The Kier molecular flexibility index (Phi) is 6.63. The van der Waals surface area contributed by atoms with Crippen LogP contribution in [0.4, 0.5) is 0 Å². The van der Waals surface area contributed by atoms with E-state index >= 15 is 0 Å². The summed E-state index contributed by atoms with van der Waals surface area (Å²) in [6.45, 7) is 7.10. The minimum absolute atomic E-state index is 0.116. The van der Waals surface area contributed by atoms with E-state index in [2.05, 4.69) is 52.5 Å². The molecule has 0 radical (unpaired) electrons. The lowest BCUT2D eigenvalue weighted by molar-refractivity contribution is -0.0298. The van der Waals surface area contributed by atoms with Crippen LogP contribution >= 0.6 is 0 Å². The van der Waals surface area contributed by atoms with Gasteiger partial charge in [0.05, 0.1) is 13.2 Å². The maximum absolute atomic E-state index is 13.1. The van der Waals surface area contributed by atoms with Crippen molar-refractivity contribution in [3.05, 3.63) is 64.8 Å². The number of H-pyrrole nitrogens is 1. The third-order valence-electron chi connectivity index (χ3n) is 9.18. The van der Waals surface area contributed by atoms with E-state index in [9.17, 15) is 10.1 Å². The fourth-order valence-corrected chi connectivity index (χ4v) is 7.03. The fraction of sp³-hybridized carbons (Fsp3) is 0.484. The molecule has 1 aromatic heterocycles. The van der Waals surface area contributed by atoms with Crippen LogP contribution in [-0.4, -0.2) is 60.5 Å². The third kappa shape index (κ3) is 4.46. The van der Waals surface area contributed by atoms with Gasteiger partial charge in [-0.05, 0) is 80.0 Å². The number of nitriles is 1. The molecule has 2 saturated heterocycles. The van der Waals surface area contributed by atoms with Gasteiger partial charge < -0.3 is 19.9 Å². The summed E-state index contributed by atoms with van der Waals surface area (Å²) in [5, 5.41) is 14.0. The third-order valence-corrected chi connectivity index (χ3v) is 9.18. The second kappa shape index (κ2) is 10.1. The van der Waals surface area contributed by atoms with Crippen LogP contribution in [-0.2, 0) is 6.54 Å². The van der Waals surface area contributed by atoms with Gasteiger partial charge in [-0.1, -0.05) is 12.1 Å². The molecule has 1 unspecified atom stereocenters.